The van der Waals surface area contributed by atoms with Crippen molar-refractivity contribution in [2.75, 3.05) is 0 Å². The summed E-state index contributed by atoms with van der Waals surface area (Å²) in [6.45, 7) is 49.9. The first-order valence-electron chi connectivity index (χ1n) is 22.8. The Bertz CT molecular complexity index is 1880. The van der Waals surface area contributed by atoms with Crippen molar-refractivity contribution in [3.05, 3.63) is 112 Å². The molecule has 3 aromatic carbocycles. The summed E-state index contributed by atoms with van der Waals surface area (Å²) in [5, 5.41) is 32.9. The van der Waals surface area contributed by atoms with E-state index in [1.54, 1.807) is 11.1 Å². The number of phenolic OH excluding ortho intramolecular Hbond substituents is 3. The van der Waals surface area contributed by atoms with Crippen molar-refractivity contribution >= 4 is 13.3 Å². The van der Waals surface area contributed by atoms with Gasteiger partial charge in [-0.25, -0.2) is 0 Å². The molecule has 0 bridgehead atoms. The van der Waals surface area contributed by atoms with Crippen LogP contribution in [0.1, 0.15) is 196 Å². The van der Waals surface area contributed by atoms with Gasteiger partial charge in [0.1, 0.15) is 17.2 Å². The fourth-order valence-electron chi connectivity index (χ4n) is 10.3. The number of benzene rings is 3. The smallest absolute Gasteiger partial charge is 0.122 e. The fourth-order valence-corrected chi connectivity index (χ4v) is 14.9. The summed E-state index contributed by atoms with van der Waals surface area (Å²) >= 11 is 0. The molecule has 3 aromatic rings. The molecule has 1 saturated carbocycles. The van der Waals surface area contributed by atoms with Crippen LogP contribution >= 0.6 is 0 Å². The first kappa shape index (κ1) is 56.5. The van der Waals surface area contributed by atoms with Gasteiger partial charge in [0.25, 0.3) is 0 Å². The normalized spacial score (nSPS) is 20.5. The van der Waals surface area contributed by atoms with Crippen molar-refractivity contribution in [2.24, 2.45) is 23.7 Å². The van der Waals surface area contributed by atoms with E-state index in [0.29, 0.717) is 70.1 Å². The van der Waals surface area contributed by atoms with Crippen molar-refractivity contribution in [1.29, 1.82) is 0 Å². The van der Waals surface area contributed by atoms with Crippen LogP contribution in [0.25, 0.3) is 0 Å². The average molecular weight is 886 g/mol. The van der Waals surface area contributed by atoms with E-state index in [9.17, 15) is 15.3 Å². The largest absolute Gasteiger partial charge is 0.508 e. The zero-order valence-electron chi connectivity index (χ0n) is 43.2. The van der Waals surface area contributed by atoms with Crippen molar-refractivity contribution < 1.29 is 37.0 Å². The number of phenols is 3. The van der Waals surface area contributed by atoms with E-state index in [0.717, 1.165) is 27.8 Å². The molecule has 0 radical (unpaired) electrons. The Morgan fingerprint density at radius 1 is 0.525 bits per heavy atom. The number of hydrogen-bond donors (Lipinski definition) is 3. The molecule has 340 valence electrons. The van der Waals surface area contributed by atoms with Crippen LogP contribution in [-0.2, 0) is 32.5 Å². The Morgan fingerprint density at radius 2 is 0.869 bits per heavy atom. The van der Waals surface area contributed by atoms with Crippen LogP contribution in [0.15, 0.2) is 70.8 Å². The van der Waals surface area contributed by atoms with Gasteiger partial charge in [0.2, 0.25) is 0 Å². The number of hydrogen-bond acceptors (Lipinski definition) is 3. The molecule has 0 spiro atoms. The number of para-hydroxylation sites is 2. The topological polar surface area (TPSA) is 60.7 Å². The number of aromatic hydroxyl groups is 3. The Morgan fingerprint density at radius 3 is 1.18 bits per heavy atom. The van der Waals surface area contributed by atoms with Gasteiger partial charge in [0, 0.05) is 21.7 Å². The van der Waals surface area contributed by atoms with E-state index in [1.165, 1.54) is 21.9 Å². The molecule has 5 unspecified atom stereocenters. The average Bonchev–Trinajstić information content (AvgIpc) is 3.39. The van der Waals surface area contributed by atoms with Gasteiger partial charge in [-0.05, 0) is 141 Å². The molecule has 2 aliphatic rings. The molecule has 0 heterocycles. The maximum atomic E-state index is 11.8. The zero-order valence-corrected chi connectivity index (χ0v) is 45.7. The van der Waals surface area contributed by atoms with E-state index in [4.69, 9.17) is 0 Å². The molecule has 61 heavy (non-hydrogen) atoms. The first-order chi connectivity index (χ1) is 26.9. The molecule has 0 aromatic heterocycles. The minimum atomic E-state index is -2.05. The van der Waals surface area contributed by atoms with Crippen LogP contribution in [0.5, 0.6) is 17.2 Å². The van der Waals surface area contributed by atoms with Crippen LogP contribution in [0.3, 0.4) is 0 Å². The number of allylic oxidation sites excluding steroid dienone is 4. The van der Waals surface area contributed by atoms with Gasteiger partial charge in [-0.1, -0.05) is 184 Å². The van der Waals surface area contributed by atoms with Crippen molar-refractivity contribution in [3.63, 3.8) is 0 Å². The first-order valence-corrected chi connectivity index (χ1v) is 25.9. The molecule has 3 nitrogen and oxygen atoms in total. The quantitative estimate of drug-likeness (QED) is 0.171. The van der Waals surface area contributed by atoms with Crippen LogP contribution in [0.2, 0.25) is 18.6 Å². The summed E-state index contributed by atoms with van der Waals surface area (Å²) in [5.41, 5.74) is 13.5. The van der Waals surface area contributed by atoms with Gasteiger partial charge in [0.05, 0.1) is 8.07 Å². The van der Waals surface area contributed by atoms with Gasteiger partial charge < -0.3 is 22.7 Å². The van der Waals surface area contributed by atoms with E-state index < -0.39 is 8.07 Å². The van der Waals surface area contributed by atoms with Crippen molar-refractivity contribution in [3.8, 4) is 17.2 Å². The Labute approximate surface area is 392 Å². The van der Waals surface area contributed by atoms with Crippen molar-refractivity contribution in [1.82, 2.24) is 0 Å². The predicted octanol–water partition coefficient (Wildman–Crippen LogP) is 16.2. The molecule has 0 aliphatic heterocycles. The Kier molecular flexibility index (Phi) is 19.8. The third-order valence-corrected chi connectivity index (χ3v) is 18.8. The molecular weight excluding hydrogens is 797 g/mol. The van der Waals surface area contributed by atoms with Gasteiger partial charge in [-0.2, -0.15) is 0 Å². The minimum Gasteiger partial charge on any atom is -0.508 e. The molecule has 0 amide bonds. The van der Waals surface area contributed by atoms with Gasteiger partial charge in [0.15, 0.2) is 0 Å². The molecule has 3 N–H and O–H groups in total. The second kappa shape index (κ2) is 21.4. The van der Waals surface area contributed by atoms with Crippen LogP contribution in [0.4, 0.5) is 0 Å². The maximum absolute atomic E-state index is 11.8. The van der Waals surface area contributed by atoms with Crippen LogP contribution in [-0.4, -0.2) is 23.4 Å². The SMILES string of the molecule is CC(C)c1cccc(C(C)C)c1O.CC(C)c1cccc(C(C)C)c1O.CC1=C(C)C2C(C)C(C)C([Si](C)(C)c3cc(C(C)(C)C)cc(C(C)(C)C)c3O)C2C(C)=C1C.[CH3-].[Ti]. The molecule has 1 fully saturated rings. The molecule has 5 heteroatoms. The second-order valence-corrected chi connectivity index (χ2v) is 26.9. The van der Waals surface area contributed by atoms with E-state index in [1.807, 2.05) is 36.4 Å². The van der Waals surface area contributed by atoms with E-state index in [2.05, 4.69) is 164 Å². The zero-order chi connectivity index (χ0) is 45.4. The number of rotatable bonds is 6. The van der Waals surface area contributed by atoms with E-state index in [-0.39, 0.29) is 40.0 Å². The third-order valence-electron chi connectivity index (χ3n) is 14.5. The molecule has 5 rings (SSSR count). The molecule has 5 atom stereocenters. The monoisotopic (exact) mass is 886 g/mol. The minimum absolute atomic E-state index is 0. The fraction of sp³-hybridized carbons (Fsp3) is 0.589. The molecular formula is C56H89O3SiTi-. The Hall–Kier alpha value is -2.53. The van der Waals surface area contributed by atoms with Crippen LogP contribution < -0.4 is 5.19 Å². The van der Waals surface area contributed by atoms with Crippen LogP contribution in [0, 0.1) is 31.1 Å². The Balaban J connectivity index is 0.000000546. The third kappa shape index (κ3) is 12.0. The standard InChI is InChI=1S/C31H50OSi.2C12H18O.CH3.Ti/c1-17-18(2)20(4)27-26(19(17)3)21(5)22(6)29(27)33(13,14)25-16-23(30(7,8)9)15-24(28(25)32)31(10,11)12;2*1-8(2)10-6-5-7-11(9(3)4)12(10)13;;/h15-16,21-22,26-27,29,32H,1-14H3;2*5-9,13H,1-4H3;1H3;/q;;;-1;. The summed E-state index contributed by atoms with van der Waals surface area (Å²) in [5.74, 6) is 5.62. The summed E-state index contributed by atoms with van der Waals surface area (Å²) in [7, 11) is -2.05. The molecule has 0 saturated heterocycles. The summed E-state index contributed by atoms with van der Waals surface area (Å²) < 4.78 is 0. The van der Waals surface area contributed by atoms with Gasteiger partial charge in [-0.3, -0.25) is 0 Å². The second-order valence-electron chi connectivity index (χ2n) is 22.2. The van der Waals surface area contributed by atoms with Gasteiger partial charge in [-0.15, -0.1) is 0 Å². The summed E-state index contributed by atoms with van der Waals surface area (Å²) in [4.78, 5) is 0. The van der Waals surface area contributed by atoms with Crippen molar-refractivity contribution in [2.45, 2.75) is 192 Å². The number of fused-ring (bicyclic) bond motifs is 1. The summed E-state index contributed by atoms with van der Waals surface area (Å²) in [6, 6.07) is 16.7. The predicted molar refractivity (Wildman–Crippen MR) is 267 cm³/mol. The van der Waals surface area contributed by atoms with E-state index >= 15 is 0 Å². The van der Waals surface area contributed by atoms with Gasteiger partial charge >= 0.3 is 0 Å². The maximum Gasteiger partial charge on any atom is 0.122 e. The molecule has 2 aliphatic carbocycles. The summed E-state index contributed by atoms with van der Waals surface area (Å²) in [6.07, 6.45) is 0.